The zero-order valence-corrected chi connectivity index (χ0v) is 10.6. The number of nitrogens with one attached hydrogen (secondary N) is 1. The molecule has 0 aromatic rings. The fourth-order valence-corrected chi connectivity index (χ4v) is 4.27. The first-order valence-electron chi connectivity index (χ1n) is 5.65. The minimum Gasteiger partial charge on any atom is -0.307 e. The zero-order valence-electron chi connectivity index (χ0n) is 9.80. The van der Waals surface area contributed by atoms with E-state index in [1.807, 2.05) is 0 Å². The lowest BCUT2D eigenvalue weighted by molar-refractivity contribution is 0.317. The van der Waals surface area contributed by atoms with Gasteiger partial charge in [-0.15, -0.1) is 0 Å². The first kappa shape index (κ1) is 12.2. The highest BCUT2D eigenvalue weighted by atomic mass is 32.2. The van der Waals surface area contributed by atoms with Crippen molar-refractivity contribution in [3.05, 3.63) is 0 Å². The lowest BCUT2D eigenvalue weighted by Crippen LogP contribution is -2.60. The van der Waals surface area contributed by atoms with Crippen LogP contribution in [0.15, 0.2) is 0 Å². The predicted molar refractivity (Wildman–Crippen MR) is 63.0 cm³/mol. The van der Waals surface area contributed by atoms with Crippen LogP contribution in [0.3, 0.4) is 0 Å². The summed E-state index contributed by atoms with van der Waals surface area (Å²) in [5, 5.41) is 4.00. The van der Waals surface area contributed by atoms with Crippen LogP contribution in [0.4, 0.5) is 0 Å². The summed E-state index contributed by atoms with van der Waals surface area (Å²) in [6.07, 6.45) is 3.34. The molecule has 1 N–H and O–H groups in total. The van der Waals surface area contributed by atoms with Gasteiger partial charge in [0.2, 0.25) is 0 Å². The highest BCUT2D eigenvalue weighted by molar-refractivity contribution is 7.85. The Hall–Kier alpha value is 0.110. The molecule has 3 heteroatoms. The third kappa shape index (κ3) is 2.80. The molecule has 14 heavy (non-hydrogen) atoms. The zero-order chi connectivity index (χ0) is 10.8. The molecule has 0 aromatic heterocycles. The van der Waals surface area contributed by atoms with E-state index in [2.05, 4.69) is 33.0 Å². The molecule has 1 aliphatic heterocycles. The van der Waals surface area contributed by atoms with E-state index in [4.69, 9.17) is 0 Å². The fraction of sp³-hybridized carbons (Fsp3) is 1.00. The van der Waals surface area contributed by atoms with Gasteiger partial charge < -0.3 is 5.32 Å². The molecule has 0 bridgehead atoms. The van der Waals surface area contributed by atoms with Gasteiger partial charge in [0.25, 0.3) is 0 Å². The molecule has 0 radical (unpaired) electrons. The van der Waals surface area contributed by atoms with Crippen molar-refractivity contribution in [2.75, 3.05) is 5.75 Å². The minimum atomic E-state index is -0.642. The monoisotopic (exact) mass is 217 g/mol. The van der Waals surface area contributed by atoms with E-state index in [1.165, 1.54) is 6.42 Å². The van der Waals surface area contributed by atoms with Crippen LogP contribution in [0, 0.1) is 0 Å². The van der Waals surface area contributed by atoms with Crippen molar-refractivity contribution in [1.82, 2.24) is 5.32 Å². The summed E-state index contributed by atoms with van der Waals surface area (Å²) >= 11 is 0. The molecule has 2 nitrogen and oxygen atoms in total. The van der Waals surface area contributed by atoms with Crippen LogP contribution in [-0.4, -0.2) is 26.8 Å². The molecule has 84 valence electrons. The van der Waals surface area contributed by atoms with Crippen LogP contribution in [0.25, 0.3) is 0 Å². The number of hydrogen-bond acceptors (Lipinski definition) is 2. The molecular formula is C11H23NOS. The number of hydrogen-bond donors (Lipinski definition) is 1. The van der Waals surface area contributed by atoms with Gasteiger partial charge in [0.15, 0.2) is 0 Å². The van der Waals surface area contributed by atoms with Gasteiger partial charge in [-0.05, 0) is 26.7 Å². The molecule has 0 spiro atoms. The molecule has 3 unspecified atom stereocenters. The molecule has 1 aliphatic rings. The van der Waals surface area contributed by atoms with E-state index >= 15 is 0 Å². The van der Waals surface area contributed by atoms with E-state index in [-0.39, 0.29) is 5.54 Å². The molecule has 3 atom stereocenters. The molecule has 0 saturated carbocycles. The van der Waals surface area contributed by atoms with Crippen molar-refractivity contribution >= 4 is 10.8 Å². The molecule has 0 aromatic carbocycles. The highest BCUT2D eigenvalue weighted by Gasteiger charge is 2.37. The summed E-state index contributed by atoms with van der Waals surface area (Å²) in [6, 6.07) is 0.453. The van der Waals surface area contributed by atoms with E-state index in [9.17, 15) is 4.21 Å². The van der Waals surface area contributed by atoms with Gasteiger partial charge in [-0.2, -0.15) is 0 Å². The van der Waals surface area contributed by atoms with Crippen molar-refractivity contribution < 1.29 is 4.21 Å². The normalized spacial score (nSPS) is 37.0. The van der Waals surface area contributed by atoms with E-state index in [1.54, 1.807) is 0 Å². The Balaban J connectivity index is 2.72. The van der Waals surface area contributed by atoms with E-state index in [0.717, 1.165) is 18.6 Å². The SMILES string of the molecule is CCCC1NC(C)(C)CS(=O)C1CC. The van der Waals surface area contributed by atoms with E-state index in [0.29, 0.717) is 11.3 Å². The van der Waals surface area contributed by atoms with Crippen LogP contribution < -0.4 is 5.32 Å². The van der Waals surface area contributed by atoms with Gasteiger partial charge in [-0.25, -0.2) is 0 Å². The average Bonchev–Trinajstić information content (AvgIpc) is 2.02. The van der Waals surface area contributed by atoms with Crippen molar-refractivity contribution in [1.29, 1.82) is 0 Å². The van der Waals surface area contributed by atoms with Crippen LogP contribution in [-0.2, 0) is 10.8 Å². The molecular weight excluding hydrogens is 194 g/mol. The van der Waals surface area contributed by atoms with Crippen LogP contribution >= 0.6 is 0 Å². The van der Waals surface area contributed by atoms with Crippen molar-refractivity contribution in [2.45, 2.75) is 63.8 Å². The van der Waals surface area contributed by atoms with Gasteiger partial charge in [0.1, 0.15) is 0 Å². The minimum absolute atomic E-state index is 0.0520. The Bertz CT molecular complexity index is 215. The maximum Gasteiger partial charge on any atom is 0.0499 e. The second-order valence-corrected chi connectivity index (χ2v) is 6.55. The Kier molecular flexibility index (Phi) is 4.14. The summed E-state index contributed by atoms with van der Waals surface area (Å²) in [7, 11) is -0.642. The second-order valence-electron chi connectivity index (χ2n) is 4.90. The summed E-state index contributed by atoms with van der Waals surface area (Å²) in [6.45, 7) is 8.64. The largest absolute Gasteiger partial charge is 0.307 e. The lowest BCUT2D eigenvalue weighted by Gasteiger charge is -2.41. The van der Waals surface area contributed by atoms with E-state index < -0.39 is 10.8 Å². The average molecular weight is 217 g/mol. The molecule has 1 fully saturated rings. The summed E-state index contributed by atoms with van der Waals surface area (Å²) in [4.78, 5) is 0. The fourth-order valence-electron chi connectivity index (χ4n) is 2.32. The predicted octanol–water partition coefficient (Wildman–Crippen LogP) is 2.06. The Labute approximate surface area is 90.3 Å². The third-order valence-corrected chi connectivity index (χ3v) is 5.21. The third-order valence-electron chi connectivity index (χ3n) is 2.87. The highest BCUT2D eigenvalue weighted by Crippen LogP contribution is 2.23. The Morgan fingerprint density at radius 1 is 1.43 bits per heavy atom. The van der Waals surface area contributed by atoms with Crippen LogP contribution in [0.1, 0.15) is 47.0 Å². The maximum absolute atomic E-state index is 12.0. The molecule has 1 rings (SSSR count). The first-order valence-corrected chi connectivity index (χ1v) is 7.03. The van der Waals surface area contributed by atoms with Gasteiger partial charge in [0.05, 0.1) is 0 Å². The maximum atomic E-state index is 12.0. The summed E-state index contributed by atoms with van der Waals surface area (Å²) in [5.41, 5.74) is 0.0520. The molecule has 0 aliphatic carbocycles. The topological polar surface area (TPSA) is 29.1 Å². The number of rotatable bonds is 3. The summed E-state index contributed by atoms with van der Waals surface area (Å²) < 4.78 is 12.0. The van der Waals surface area contributed by atoms with Crippen LogP contribution in [0.5, 0.6) is 0 Å². The van der Waals surface area contributed by atoms with Crippen molar-refractivity contribution in [2.24, 2.45) is 0 Å². The smallest absolute Gasteiger partial charge is 0.0499 e. The van der Waals surface area contributed by atoms with Crippen LogP contribution in [0.2, 0.25) is 0 Å². The lowest BCUT2D eigenvalue weighted by atomic mass is 10.00. The standard InChI is InChI=1S/C11H23NOS/c1-5-7-9-10(6-2)14(13)8-11(3,4)12-9/h9-10,12H,5-8H2,1-4H3. The second kappa shape index (κ2) is 4.75. The Morgan fingerprint density at radius 3 is 2.57 bits per heavy atom. The van der Waals surface area contributed by atoms with Gasteiger partial charge >= 0.3 is 0 Å². The quantitative estimate of drug-likeness (QED) is 0.784. The Morgan fingerprint density at radius 2 is 2.07 bits per heavy atom. The summed E-state index contributed by atoms with van der Waals surface area (Å²) in [5.74, 6) is 0.797. The van der Waals surface area contributed by atoms with Gasteiger partial charge in [0, 0.05) is 33.4 Å². The van der Waals surface area contributed by atoms with Gasteiger partial charge in [-0.3, -0.25) is 4.21 Å². The van der Waals surface area contributed by atoms with Crippen molar-refractivity contribution in [3.8, 4) is 0 Å². The first-order chi connectivity index (χ1) is 6.50. The molecule has 1 saturated heterocycles. The molecule has 1 heterocycles. The molecule has 0 amide bonds. The van der Waals surface area contributed by atoms with Gasteiger partial charge in [-0.1, -0.05) is 20.3 Å². The van der Waals surface area contributed by atoms with Crippen molar-refractivity contribution in [3.63, 3.8) is 0 Å².